The smallest absolute Gasteiger partial charge is 0.269 e. The van der Waals surface area contributed by atoms with Crippen molar-refractivity contribution in [1.82, 2.24) is 19.7 Å². The van der Waals surface area contributed by atoms with E-state index in [0.717, 1.165) is 12.0 Å². The molecule has 1 aromatic carbocycles. The highest BCUT2D eigenvalue weighted by Gasteiger charge is 2.36. The number of primary amides is 1. The molecule has 1 aliphatic carbocycles. The van der Waals surface area contributed by atoms with Gasteiger partial charge in [0.1, 0.15) is 11.8 Å². The molecule has 3 heterocycles. The van der Waals surface area contributed by atoms with Gasteiger partial charge in [0.2, 0.25) is 0 Å². The van der Waals surface area contributed by atoms with Crippen LogP contribution in [0.25, 0.3) is 16.6 Å². The summed E-state index contributed by atoms with van der Waals surface area (Å²) in [4.78, 5) is 20.2. The molecular weight excluding hydrogens is 404 g/mol. The second-order valence-electron chi connectivity index (χ2n) is 7.49. The van der Waals surface area contributed by atoms with Gasteiger partial charge in [-0.05, 0) is 42.7 Å². The second kappa shape index (κ2) is 7.31. The number of aryl methyl sites for hydroxylation is 1. The number of fused-ring (bicyclic) bond motifs is 2. The number of nitrogens with zero attached hydrogens (tertiary/aromatic N) is 5. The van der Waals surface area contributed by atoms with Crippen LogP contribution in [-0.4, -0.2) is 30.8 Å². The number of nitrogens with two attached hydrogens (primary N) is 1. The molecular formula is C24H16N6O2. The number of aromatic nitrogens is 4. The van der Waals surface area contributed by atoms with E-state index in [9.17, 15) is 15.2 Å². The van der Waals surface area contributed by atoms with Crippen LogP contribution in [0.4, 0.5) is 0 Å². The molecule has 0 unspecified atom stereocenters. The molecule has 3 N–H and O–H groups in total. The predicted octanol–water partition coefficient (Wildman–Crippen LogP) is 1.97. The lowest BCUT2D eigenvalue weighted by atomic mass is 10.0. The zero-order valence-electron chi connectivity index (χ0n) is 16.8. The summed E-state index contributed by atoms with van der Waals surface area (Å²) in [6.45, 7) is 0. The molecule has 1 atom stereocenters. The minimum absolute atomic E-state index is 0.0661. The van der Waals surface area contributed by atoms with Crippen LogP contribution in [0, 0.1) is 23.2 Å². The van der Waals surface area contributed by atoms with Crippen LogP contribution in [0.1, 0.15) is 39.4 Å². The number of hydrogen-bond donors (Lipinski definition) is 2. The van der Waals surface area contributed by atoms with Gasteiger partial charge in [0.15, 0.2) is 11.3 Å². The van der Waals surface area contributed by atoms with Crippen molar-refractivity contribution in [3.05, 3.63) is 83.1 Å². The number of benzene rings is 1. The molecule has 0 bridgehead atoms. The first kappa shape index (κ1) is 19.4. The Morgan fingerprint density at radius 1 is 1.22 bits per heavy atom. The van der Waals surface area contributed by atoms with Crippen molar-refractivity contribution in [2.75, 3.05) is 0 Å². The van der Waals surface area contributed by atoms with E-state index in [2.05, 4.69) is 26.9 Å². The molecule has 154 valence electrons. The van der Waals surface area contributed by atoms with Crippen LogP contribution in [0.2, 0.25) is 0 Å². The van der Waals surface area contributed by atoms with E-state index < -0.39 is 11.5 Å². The molecule has 0 aliphatic heterocycles. The fraction of sp³-hybridized carbons (Fsp3) is 0.125. The lowest BCUT2D eigenvalue weighted by Gasteiger charge is -2.15. The third kappa shape index (κ3) is 3.16. The molecule has 0 fully saturated rings. The summed E-state index contributed by atoms with van der Waals surface area (Å²) in [7, 11) is 0. The number of hydrogen-bond acceptors (Lipinski definition) is 6. The lowest BCUT2D eigenvalue weighted by molar-refractivity contribution is 0.0980. The molecule has 0 saturated heterocycles. The highest BCUT2D eigenvalue weighted by Crippen LogP contribution is 2.34. The normalized spacial score (nSPS) is 16.8. The number of aliphatic hydroxyl groups is 1. The van der Waals surface area contributed by atoms with Crippen LogP contribution < -0.4 is 5.73 Å². The number of carbonyl (C=O) groups is 1. The summed E-state index contributed by atoms with van der Waals surface area (Å²) >= 11 is 0. The van der Waals surface area contributed by atoms with Gasteiger partial charge in [-0.3, -0.25) is 9.78 Å². The van der Waals surface area contributed by atoms with Gasteiger partial charge >= 0.3 is 0 Å². The zero-order chi connectivity index (χ0) is 22.3. The maximum absolute atomic E-state index is 11.9. The van der Waals surface area contributed by atoms with Gasteiger partial charge in [0.25, 0.3) is 5.91 Å². The van der Waals surface area contributed by atoms with E-state index in [0.29, 0.717) is 34.3 Å². The predicted molar refractivity (Wildman–Crippen MR) is 115 cm³/mol. The van der Waals surface area contributed by atoms with Gasteiger partial charge in [-0.25, -0.2) is 9.67 Å². The van der Waals surface area contributed by atoms with Gasteiger partial charge in [0, 0.05) is 24.0 Å². The Bertz CT molecular complexity index is 1500. The van der Waals surface area contributed by atoms with E-state index in [4.69, 9.17) is 5.73 Å². The molecule has 0 saturated carbocycles. The van der Waals surface area contributed by atoms with Crippen molar-refractivity contribution < 1.29 is 9.90 Å². The van der Waals surface area contributed by atoms with Crippen LogP contribution in [0.5, 0.6) is 0 Å². The fourth-order valence-electron chi connectivity index (χ4n) is 3.91. The van der Waals surface area contributed by atoms with E-state index >= 15 is 0 Å². The van der Waals surface area contributed by atoms with Crippen LogP contribution in [0.3, 0.4) is 0 Å². The van der Waals surface area contributed by atoms with Gasteiger partial charge in [-0.2, -0.15) is 10.4 Å². The molecule has 3 aromatic heterocycles. The Morgan fingerprint density at radius 3 is 2.91 bits per heavy atom. The van der Waals surface area contributed by atoms with Gasteiger partial charge < -0.3 is 10.8 Å². The standard InChI is InChI=1S/C24H16N6O2/c25-13-17-12-20-19(14-28-17)21(23(26)31)29-30(20)18-5-1-3-15(11-18)6-8-24(32)9-7-16-4-2-10-27-22(16)24/h1-5,10-12,14,32H,7,9H2,(H2,26,31)/t24-/m0/s1. The first-order valence-electron chi connectivity index (χ1n) is 9.87. The summed E-state index contributed by atoms with van der Waals surface area (Å²) in [5.41, 5.74) is 7.86. The topological polar surface area (TPSA) is 131 Å². The molecule has 4 aromatic rings. The number of pyridine rings is 2. The Balaban J connectivity index is 1.58. The molecule has 32 heavy (non-hydrogen) atoms. The van der Waals surface area contributed by atoms with Crippen molar-refractivity contribution in [2.45, 2.75) is 18.4 Å². The van der Waals surface area contributed by atoms with Crippen LogP contribution in [0.15, 0.2) is 54.9 Å². The summed E-state index contributed by atoms with van der Waals surface area (Å²) in [5, 5.41) is 25.0. The zero-order valence-corrected chi connectivity index (χ0v) is 16.8. The molecule has 8 nitrogen and oxygen atoms in total. The molecule has 0 radical (unpaired) electrons. The van der Waals surface area contributed by atoms with Crippen molar-refractivity contribution in [3.63, 3.8) is 0 Å². The van der Waals surface area contributed by atoms with Crippen molar-refractivity contribution in [3.8, 4) is 23.6 Å². The Kier molecular flexibility index (Phi) is 4.44. The summed E-state index contributed by atoms with van der Waals surface area (Å²) in [6, 6.07) is 14.5. The minimum atomic E-state index is -1.29. The third-order valence-corrected chi connectivity index (χ3v) is 5.46. The summed E-state index contributed by atoms with van der Waals surface area (Å²) in [5.74, 6) is 5.33. The van der Waals surface area contributed by atoms with Crippen molar-refractivity contribution >= 4 is 16.8 Å². The quantitative estimate of drug-likeness (QED) is 0.477. The molecule has 8 heteroatoms. The largest absolute Gasteiger partial charge is 0.372 e. The fourth-order valence-corrected chi connectivity index (χ4v) is 3.91. The molecule has 5 rings (SSSR count). The third-order valence-electron chi connectivity index (χ3n) is 5.46. The SMILES string of the molecule is N#Cc1cc2c(cn1)c(C(N)=O)nn2-c1cccc(C#C[C@]2(O)CCc3cccnc32)c1. The number of carbonyl (C=O) groups excluding carboxylic acids is 1. The maximum atomic E-state index is 11.9. The average molecular weight is 420 g/mol. The monoisotopic (exact) mass is 420 g/mol. The minimum Gasteiger partial charge on any atom is -0.372 e. The van der Waals surface area contributed by atoms with Crippen molar-refractivity contribution in [1.29, 1.82) is 5.26 Å². The average Bonchev–Trinajstić information content (AvgIpc) is 3.37. The van der Waals surface area contributed by atoms with Crippen LogP contribution >= 0.6 is 0 Å². The Morgan fingerprint density at radius 2 is 2.09 bits per heavy atom. The first-order valence-corrected chi connectivity index (χ1v) is 9.87. The molecule has 0 spiro atoms. The maximum Gasteiger partial charge on any atom is 0.269 e. The highest BCUT2D eigenvalue weighted by atomic mass is 16.3. The Labute approximate surface area is 183 Å². The van der Waals surface area contributed by atoms with Crippen LogP contribution in [-0.2, 0) is 12.0 Å². The highest BCUT2D eigenvalue weighted by molar-refractivity contribution is 6.04. The summed E-state index contributed by atoms with van der Waals surface area (Å²) in [6.07, 6.45) is 4.28. The van der Waals surface area contributed by atoms with Gasteiger partial charge in [-0.15, -0.1) is 0 Å². The van der Waals surface area contributed by atoms with E-state index in [1.54, 1.807) is 30.5 Å². The number of rotatable bonds is 2. The number of nitriles is 1. The van der Waals surface area contributed by atoms with Gasteiger partial charge in [-0.1, -0.05) is 24.0 Å². The van der Waals surface area contributed by atoms with Crippen molar-refractivity contribution in [2.24, 2.45) is 5.73 Å². The Hall–Kier alpha value is -4.53. The molecule has 1 amide bonds. The first-order chi connectivity index (χ1) is 15.5. The van der Waals surface area contributed by atoms with Gasteiger partial charge in [0.05, 0.1) is 22.3 Å². The van der Waals surface area contributed by atoms with E-state index in [-0.39, 0.29) is 11.4 Å². The molecule has 1 aliphatic rings. The van der Waals surface area contributed by atoms with E-state index in [1.807, 2.05) is 24.3 Å². The summed E-state index contributed by atoms with van der Waals surface area (Å²) < 4.78 is 1.53. The second-order valence-corrected chi connectivity index (χ2v) is 7.49. The lowest BCUT2D eigenvalue weighted by Crippen LogP contribution is -2.20. The number of amides is 1. The van der Waals surface area contributed by atoms with E-state index in [1.165, 1.54) is 10.9 Å².